The lowest BCUT2D eigenvalue weighted by Crippen LogP contribution is -2.28. The highest BCUT2D eigenvalue weighted by Gasteiger charge is 2.16. The fourth-order valence-electron chi connectivity index (χ4n) is 1.67. The molecule has 0 bridgehead atoms. The van der Waals surface area contributed by atoms with Crippen molar-refractivity contribution in [2.24, 2.45) is 5.73 Å². The van der Waals surface area contributed by atoms with Gasteiger partial charge in [-0.2, -0.15) is 11.8 Å². The topological polar surface area (TPSA) is 63.8 Å². The predicted molar refractivity (Wildman–Crippen MR) is 71.9 cm³/mol. The fraction of sp³-hybridized carbons (Fsp3) is 0.500. The highest BCUT2D eigenvalue weighted by molar-refractivity contribution is 7.99. The molecule has 0 aromatic carbocycles. The molecule has 1 atom stereocenters. The van der Waals surface area contributed by atoms with E-state index in [-0.39, 0.29) is 0 Å². The van der Waals surface area contributed by atoms with Crippen molar-refractivity contribution >= 4 is 34.8 Å². The van der Waals surface area contributed by atoms with Crippen molar-refractivity contribution in [1.29, 1.82) is 0 Å². The van der Waals surface area contributed by atoms with Crippen LogP contribution in [0.4, 0.5) is 5.82 Å². The van der Waals surface area contributed by atoms with Gasteiger partial charge in [-0.3, -0.25) is 0 Å². The lowest BCUT2D eigenvalue weighted by atomic mass is 10.2. The minimum absolute atomic E-state index is 0.291. The zero-order valence-electron chi connectivity index (χ0n) is 8.85. The van der Waals surface area contributed by atoms with E-state index in [1.807, 2.05) is 11.8 Å². The van der Waals surface area contributed by atoms with Crippen molar-refractivity contribution < 1.29 is 0 Å². The van der Waals surface area contributed by atoms with Gasteiger partial charge in [0.05, 0.1) is 0 Å². The number of rotatable bonds is 3. The number of nitrogens with zero attached hydrogens (tertiary/aromatic N) is 2. The SMILES string of the molecule is NC(=S)c1nccnc1NC1CCCSC1. The molecular weight excluding hydrogens is 240 g/mol. The zero-order valence-corrected chi connectivity index (χ0v) is 10.5. The Labute approximate surface area is 104 Å². The zero-order chi connectivity index (χ0) is 11.4. The van der Waals surface area contributed by atoms with Crippen LogP contribution in [0.25, 0.3) is 0 Å². The molecule has 1 aliphatic rings. The summed E-state index contributed by atoms with van der Waals surface area (Å²) in [4.78, 5) is 8.68. The number of thiocarbonyl (C=S) groups is 1. The van der Waals surface area contributed by atoms with Gasteiger partial charge in [-0.25, -0.2) is 9.97 Å². The van der Waals surface area contributed by atoms with Crippen LogP contribution >= 0.6 is 24.0 Å². The summed E-state index contributed by atoms with van der Waals surface area (Å²) >= 11 is 6.91. The van der Waals surface area contributed by atoms with Gasteiger partial charge in [0.25, 0.3) is 0 Å². The van der Waals surface area contributed by atoms with E-state index in [0.29, 0.717) is 22.5 Å². The Hall–Kier alpha value is -0.880. The monoisotopic (exact) mass is 254 g/mol. The van der Waals surface area contributed by atoms with Crippen LogP contribution in [-0.4, -0.2) is 32.5 Å². The molecule has 0 aliphatic carbocycles. The molecule has 2 heterocycles. The highest BCUT2D eigenvalue weighted by Crippen LogP contribution is 2.20. The van der Waals surface area contributed by atoms with E-state index in [9.17, 15) is 0 Å². The molecule has 86 valence electrons. The lowest BCUT2D eigenvalue weighted by Gasteiger charge is -2.23. The van der Waals surface area contributed by atoms with Crippen LogP contribution in [0.15, 0.2) is 12.4 Å². The summed E-state index contributed by atoms with van der Waals surface area (Å²) in [6.45, 7) is 0. The molecular formula is C10H14N4S2. The summed E-state index contributed by atoms with van der Waals surface area (Å²) in [6, 6.07) is 0.448. The van der Waals surface area contributed by atoms with Crippen molar-refractivity contribution in [1.82, 2.24) is 9.97 Å². The minimum atomic E-state index is 0.291. The highest BCUT2D eigenvalue weighted by atomic mass is 32.2. The van der Waals surface area contributed by atoms with Gasteiger partial charge in [0.1, 0.15) is 10.7 Å². The van der Waals surface area contributed by atoms with Crippen molar-refractivity contribution in [3.63, 3.8) is 0 Å². The first kappa shape index (κ1) is 11.6. The summed E-state index contributed by atoms with van der Waals surface area (Å²) in [7, 11) is 0. The summed E-state index contributed by atoms with van der Waals surface area (Å²) in [5.41, 5.74) is 6.19. The molecule has 1 aromatic heterocycles. The fourth-order valence-corrected chi connectivity index (χ4v) is 2.89. The molecule has 1 aliphatic heterocycles. The second-order valence-corrected chi connectivity index (χ2v) is 5.27. The van der Waals surface area contributed by atoms with Gasteiger partial charge < -0.3 is 11.1 Å². The molecule has 0 amide bonds. The molecule has 0 radical (unpaired) electrons. The first-order chi connectivity index (χ1) is 7.77. The quantitative estimate of drug-likeness (QED) is 0.795. The maximum Gasteiger partial charge on any atom is 0.155 e. The molecule has 1 fully saturated rings. The van der Waals surface area contributed by atoms with Crippen LogP contribution < -0.4 is 11.1 Å². The number of aromatic nitrogens is 2. The molecule has 6 heteroatoms. The van der Waals surface area contributed by atoms with Gasteiger partial charge in [-0.05, 0) is 18.6 Å². The van der Waals surface area contributed by atoms with Crippen molar-refractivity contribution in [2.75, 3.05) is 16.8 Å². The van der Waals surface area contributed by atoms with Gasteiger partial charge >= 0.3 is 0 Å². The Kier molecular flexibility index (Phi) is 3.95. The number of nitrogens with one attached hydrogen (secondary N) is 1. The average molecular weight is 254 g/mol. The largest absolute Gasteiger partial charge is 0.388 e. The Morgan fingerprint density at radius 2 is 2.31 bits per heavy atom. The summed E-state index contributed by atoms with van der Waals surface area (Å²) < 4.78 is 0. The van der Waals surface area contributed by atoms with E-state index < -0.39 is 0 Å². The maximum absolute atomic E-state index is 5.60. The van der Waals surface area contributed by atoms with E-state index in [4.69, 9.17) is 18.0 Å². The van der Waals surface area contributed by atoms with Crippen LogP contribution in [0, 0.1) is 0 Å². The van der Waals surface area contributed by atoms with Gasteiger partial charge in [0.2, 0.25) is 0 Å². The van der Waals surface area contributed by atoms with E-state index in [2.05, 4.69) is 15.3 Å². The average Bonchev–Trinajstić information content (AvgIpc) is 2.31. The van der Waals surface area contributed by atoms with Crippen LogP contribution in [0.1, 0.15) is 18.5 Å². The smallest absolute Gasteiger partial charge is 0.155 e. The van der Waals surface area contributed by atoms with Gasteiger partial charge in [0, 0.05) is 24.2 Å². The van der Waals surface area contributed by atoms with Crippen LogP contribution in [0.3, 0.4) is 0 Å². The van der Waals surface area contributed by atoms with Gasteiger partial charge in [-0.15, -0.1) is 0 Å². The van der Waals surface area contributed by atoms with Gasteiger partial charge in [0.15, 0.2) is 5.82 Å². The first-order valence-corrected chi connectivity index (χ1v) is 6.79. The second kappa shape index (κ2) is 5.45. The Bertz CT molecular complexity index is 377. The van der Waals surface area contributed by atoms with Crippen molar-refractivity contribution in [3.05, 3.63) is 18.1 Å². The molecule has 1 saturated heterocycles. The standard InChI is InChI=1S/C10H14N4S2/c11-9(15)8-10(13-4-3-12-8)14-7-2-1-5-16-6-7/h3-4,7H,1-2,5-6H2,(H2,11,15)(H,13,14). The number of anilines is 1. The van der Waals surface area contributed by atoms with Crippen LogP contribution in [-0.2, 0) is 0 Å². The molecule has 4 nitrogen and oxygen atoms in total. The Morgan fingerprint density at radius 3 is 3.00 bits per heavy atom. The Balaban J connectivity index is 2.10. The summed E-state index contributed by atoms with van der Waals surface area (Å²) in [5, 5.41) is 3.37. The first-order valence-electron chi connectivity index (χ1n) is 5.22. The number of thioether (sulfide) groups is 1. The normalized spacial score (nSPS) is 20.4. The number of hydrogen-bond acceptors (Lipinski definition) is 5. The third kappa shape index (κ3) is 2.82. The number of nitrogens with two attached hydrogens (primary N) is 1. The van der Waals surface area contributed by atoms with E-state index in [1.165, 1.54) is 18.6 Å². The molecule has 0 saturated carbocycles. The molecule has 0 spiro atoms. The molecule has 1 aromatic rings. The third-order valence-corrected chi connectivity index (χ3v) is 3.84. The summed E-state index contributed by atoms with van der Waals surface area (Å²) in [6.07, 6.45) is 5.67. The molecule has 3 N–H and O–H groups in total. The number of hydrogen-bond donors (Lipinski definition) is 2. The van der Waals surface area contributed by atoms with Crippen molar-refractivity contribution in [3.8, 4) is 0 Å². The third-order valence-electron chi connectivity index (χ3n) is 2.43. The molecule has 16 heavy (non-hydrogen) atoms. The maximum atomic E-state index is 5.60. The van der Waals surface area contributed by atoms with E-state index in [1.54, 1.807) is 12.4 Å². The van der Waals surface area contributed by atoms with Crippen LogP contribution in [0.5, 0.6) is 0 Å². The van der Waals surface area contributed by atoms with Crippen LogP contribution in [0.2, 0.25) is 0 Å². The lowest BCUT2D eigenvalue weighted by molar-refractivity contribution is 0.681. The van der Waals surface area contributed by atoms with E-state index >= 15 is 0 Å². The van der Waals surface area contributed by atoms with E-state index in [0.717, 1.165) is 5.75 Å². The predicted octanol–water partition coefficient (Wildman–Crippen LogP) is 1.42. The molecule has 1 unspecified atom stereocenters. The Morgan fingerprint density at radius 1 is 1.50 bits per heavy atom. The molecule has 2 rings (SSSR count). The van der Waals surface area contributed by atoms with Gasteiger partial charge in [-0.1, -0.05) is 12.2 Å². The van der Waals surface area contributed by atoms with Crippen molar-refractivity contribution in [2.45, 2.75) is 18.9 Å². The second-order valence-electron chi connectivity index (χ2n) is 3.68. The minimum Gasteiger partial charge on any atom is -0.388 e. The summed E-state index contributed by atoms with van der Waals surface area (Å²) in [5.74, 6) is 3.07.